The molecule has 0 amide bonds. The minimum Gasteiger partial charge on any atom is -0.307 e. The van der Waals surface area contributed by atoms with Crippen LogP contribution < -0.4 is 5.32 Å². The zero-order chi connectivity index (χ0) is 10.4. The molecule has 2 N–H and O–H groups in total. The third-order valence-electron chi connectivity index (χ3n) is 2.83. The van der Waals surface area contributed by atoms with Gasteiger partial charge in [0.15, 0.2) is 5.82 Å². The van der Waals surface area contributed by atoms with E-state index in [0.717, 1.165) is 30.3 Å². The van der Waals surface area contributed by atoms with Gasteiger partial charge in [0.25, 0.3) is 0 Å². The molecule has 1 aliphatic rings. The normalized spacial score (nSPS) is 14.5. The molecule has 5 nitrogen and oxygen atoms in total. The lowest BCUT2D eigenvalue weighted by atomic mass is 10.2. The van der Waals surface area contributed by atoms with Gasteiger partial charge in [-0.05, 0) is 13.8 Å². The summed E-state index contributed by atoms with van der Waals surface area (Å²) < 4.78 is 1.91. The first-order valence-corrected chi connectivity index (χ1v) is 5.06. The Hall–Kier alpha value is -1.62. The number of aryl methyl sites for hydroxylation is 1. The van der Waals surface area contributed by atoms with Crippen LogP contribution in [0.25, 0.3) is 5.82 Å². The monoisotopic (exact) mass is 203 g/mol. The highest BCUT2D eigenvalue weighted by molar-refractivity contribution is 5.35. The summed E-state index contributed by atoms with van der Waals surface area (Å²) in [4.78, 5) is 0. The van der Waals surface area contributed by atoms with Crippen LogP contribution in [0.1, 0.15) is 22.6 Å². The van der Waals surface area contributed by atoms with Crippen molar-refractivity contribution in [2.45, 2.75) is 26.9 Å². The van der Waals surface area contributed by atoms with Crippen LogP contribution in [0, 0.1) is 13.8 Å². The molecule has 0 aliphatic carbocycles. The van der Waals surface area contributed by atoms with E-state index in [2.05, 4.69) is 27.5 Å². The average molecular weight is 203 g/mol. The van der Waals surface area contributed by atoms with Crippen LogP contribution in [0.15, 0.2) is 6.07 Å². The number of hydrogen-bond donors (Lipinski definition) is 2. The molecule has 0 atom stereocenters. The van der Waals surface area contributed by atoms with Crippen LogP contribution in [0.2, 0.25) is 0 Å². The van der Waals surface area contributed by atoms with Gasteiger partial charge in [-0.1, -0.05) is 0 Å². The lowest BCUT2D eigenvalue weighted by molar-refractivity contribution is 0.703. The smallest absolute Gasteiger partial charge is 0.175 e. The highest BCUT2D eigenvalue weighted by Gasteiger charge is 2.20. The maximum Gasteiger partial charge on any atom is 0.175 e. The first-order chi connectivity index (χ1) is 7.25. The number of hydrogen-bond acceptors (Lipinski definition) is 3. The van der Waals surface area contributed by atoms with Crippen molar-refractivity contribution >= 4 is 0 Å². The van der Waals surface area contributed by atoms with Crippen LogP contribution >= 0.6 is 0 Å². The second kappa shape index (κ2) is 2.93. The zero-order valence-electron chi connectivity index (χ0n) is 8.83. The summed E-state index contributed by atoms with van der Waals surface area (Å²) in [7, 11) is 0. The number of aromatic amines is 1. The molecule has 0 unspecified atom stereocenters. The minimum atomic E-state index is 0.868. The van der Waals surface area contributed by atoms with E-state index >= 15 is 0 Å². The number of nitrogens with one attached hydrogen (secondary N) is 2. The number of fused-ring (bicyclic) bond motifs is 1. The van der Waals surface area contributed by atoms with Crippen molar-refractivity contribution in [3.05, 3.63) is 28.7 Å². The standard InChI is InChI=1S/C10H13N5/c1-6-3-10(13-12-6)15-7(2)8-4-11-5-9(8)14-15/h3,11H,4-5H2,1-2H3,(H,12,13). The second-order valence-electron chi connectivity index (χ2n) is 3.94. The minimum absolute atomic E-state index is 0.868. The number of aromatic nitrogens is 4. The van der Waals surface area contributed by atoms with Gasteiger partial charge in [-0.15, -0.1) is 0 Å². The Bertz CT molecular complexity index is 508. The Balaban J connectivity index is 2.13. The van der Waals surface area contributed by atoms with Gasteiger partial charge in [0.05, 0.1) is 5.69 Å². The van der Waals surface area contributed by atoms with Crippen LogP contribution in [-0.4, -0.2) is 20.0 Å². The van der Waals surface area contributed by atoms with E-state index in [0.29, 0.717) is 0 Å². The van der Waals surface area contributed by atoms with Crippen molar-refractivity contribution in [2.75, 3.05) is 0 Å². The van der Waals surface area contributed by atoms with E-state index in [1.807, 2.05) is 17.7 Å². The van der Waals surface area contributed by atoms with Crippen molar-refractivity contribution < 1.29 is 0 Å². The largest absolute Gasteiger partial charge is 0.307 e. The molecule has 0 radical (unpaired) electrons. The van der Waals surface area contributed by atoms with Gasteiger partial charge in [0.1, 0.15) is 0 Å². The van der Waals surface area contributed by atoms with Gasteiger partial charge in [0, 0.05) is 36.1 Å². The molecular weight excluding hydrogens is 190 g/mol. The Kier molecular flexibility index (Phi) is 1.70. The van der Waals surface area contributed by atoms with Gasteiger partial charge in [-0.25, -0.2) is 4.68 Å². The maximum atomic E-state index is 4.55. The number of nitrogens with zero attached hydrogens (tertiary/aromatic N) is 3. The Morgan fingerprint density at radius 2 is 2.20 bits per heavy atom. The van der Waals surface area contributed by atoms with E-state index in [4.69, 9.17) is 0 Å². The summed E-state index contributed by atoms with van der Waals surface area (Å²) in [6.07, 6.45) is 0. The number of rotatable bonds is 1. The van der Waals surface area contributed by atoms with Crippen molar-refractivity contribution in [1.29, 1.82) is 0 Å². The van der Waals surface area contributed by atoms with E-state index in [1.54, 1.807) is 0 Å². The van der Waals surface area contributed by atoms with Crippen molar-refractivity contribution in [3.63, 3.8) is 0 Å². The Morgan fingerprint density at radius 3 is 2.87 bits per heavy atom. The number of H-pyrrole nitrogens is 1. The Morgan fingerprint density at radius 1 is 1.33 bits per heavy atom. The van der Waals surface area contributed by atoms with Gasteiger partial charge >= 0.3 is 0 Å². The molecule has 0 saturated carbocycles. The molecule has 0 bridgehead atoms. The van der Waals surface area contributed by atoms with Crippen molar-refractivity contribution in [3.8, 4) is 5.82 Å². The quantitative estimate of drug-likeness (QED) is 0.721. The summed E-state index contributed by atoms with van der Waals surface area (Å²) in [6.45, 7) is 5.87. The molecule has 2 aromatic heterocycles. The topological polar surface area (TPSA) is 58.5 Å². The SMILES string of the molecule is Cc1cc(-n2nc3c(c2C)CNC3)n[nH]1. The van der Waals surface area contributed by atoms with Gasteiger partial charge in [-0.2, -0.15) is 10.2 Å². The maximum absolute atomic E-state index is 4.55. The summed E-state index contributed by atoms with van der Waals surface area (Å²) in [5.74, 6) is 0.874. The van der Waals surface area contributed by atoms with E-state index in [1.165, 1.54) is 11.3 Å². The van der Waals surface area contributed by atoms with E-state index < -0.39 is 0 Å². The first kappa shape index (κ1) is 8.67. The van der Waals surface area contributed by atoms with E-state index in [-0.39, 0.29) is 0 Å². The lowest BCUT2D eigenvalue weighted by Crippen LogP contribution is -2.07. The molecule has 0 aromatic carbocycles. The Labute approximate surface area is 87.5 Å². The summed E-state index contributed by atoms with van der Waals surface area (Å²) >= 11 is 0. The highest BCUT2D eigenvalue weighted by atomic mass is 15.4. The van der Waals surface area contributed by atoms with Gasteiger partial charge < -0.3 is 5.32 Å². The van der Waals surface area contributed by atoms with Crippen LogP contribution in [0.3, 0.4) is 0 Å². The molecular formula is C10H13N5. The molecule has 3 heterocycles. The molecule has 0 saturated heterocycles. The summed E-state index contributed by atoms with van der Waals surface area (Å²) in [5, 5.41) is 15.0. The third-order valence-corrected chi connectivity index (χ3v) is 2.83. The first-order valence-electron chi connectivity index (χ1n) is 5.06. The fourth-order valence-electron chi connectivity index (χ4n) is 2.01. The van der Waals surface area contributed by atoms with Gasteiger partial charge in [0.2, 0.25) is 0 Å². The molecule has 78 valence electrons. The average Bonchev–Trinajstić information content (AvgIpc) is 2.84. The highest BCUT2D eigenvalue weighted by Crippen LogP contribution is 2.20. The lowest BCUT2D eigenvalue weighted by Gasteiger charge is -2.00. The van der Waals surface area contributed by atoms with Gasteiger partial charge in [-0.3, -0.25) is 5.10 Å². The summed E-state index contributed by atoms with van der Waals surface area (Å²) in [6, 6.07) is 2.00. The summed E-state index contributed by atoms with van der Waals surface area (Å²) in [5.41, 5.74) is 4.70. The van der Waals surface area contributed by atoms with Crippen molar-refractivity contribution in [2.24, 2.45) is 0 Å². The predicted octanol–water partition coefficient (Wildman–Crippen LogP) is 0.815. The molecule has 3 rings (SSSR count). The fraction of sp³-hybridized carbons (Fsp3) is 0.400. The fourth-order valence-corrected chi connectivity index (χ4v) is 2.01. The molecule has 1 aliphatic heterocycles. The third kappa shape index (κ3) is 1.20. The van der Waals surface area contributed by atoms with Crippen LogP contribution in [0.5, 0.6) is 0 Å². The van der Waals surface area contributed by atoms with Crippen LogP contribution in [-0.2, 0) is 13.1 Å². The van der Waals surface area contributed by atoms with E-state index in [9.17, 15) is 0 Å². The molecule has 15 heavy (non-hydrogen) atoms. The molecule has 0 fully saturated rings. The van der Waals surface area contributed by atoms with Crippen LogP contribution in [0.4, 0.5) is 0 Å². The molecule has 0 spiro atoms. The molecule has 2 aromatic rings. The zero-order valence-corrected chi connectivity index (χ0v) is 8.83. The second-order valence-corrected chi connectivity index (χ2v) is 3.94. The van der Waals surface area contributed by atoms with Crippen molar-refractivity contribution in [1.82, 2.24) is 25.3 Å². The predicted molar refractivity (Wildman–Crippen MR) is 55.7 cm³/mol. The molecule has 5 heteroatoms.